The number of rotatable bonds is 4. The fraction of sp³-hybridized carbons (Fsp3) is 0.300. The van der Waals surface area contributed by atoms with Gasteiger partial charge in [0.2, 0.25) is 6.79 Å². The maximum Gasteiger partial charge on any atom is 0.231 e. The van der Waals surface area contributed by atoms with E-state index < -0.39 is 5.60 Å². The SMILES string of the molecule is Cc1ccc(/C=C/[C@H]2c3cc4c(cc3OC2(CO)CO)OCO4)cc1. The largest absolute Gasteiger partial charge is 0.481 e. The summed E-state index contributed by atoms with van der Waals surface area (Å²) in [7, 11) is 0. The van der Waals surface area contributed by atoms with Crippen LogP contribution in [0.1, 0.15) is 22.6 Å². The zero-order valence-corrected chi connectivity index (χ0v) is 13.9. The Hall–Kier alpha value is -2.50. The Morgan fingerprint density at radius 1 is 1.04 bits per heavy atom. The van der Waals surface area contributed by atoms with Gasteiger partial charge in [-0.2, -0.15) is 0 Å². The first-order valence-electron chi connectivity index (χ1n) is 8.24. The summed E-state index contributed by atoms with van der Waals surface area (Å²) in [4.78, 5) is 0. The maximum atomic E-state index is 9.92. The van der Waals surface area contributed by atoms with Gasteiger partial charge in [0.1, 0.15) is 5.75 Å². The van der Waals surface area contributed by atoms with E-state index in [9.17, 15) is 10.2 Å². The van der Waals surface area contributed by atoms with E-state index in [0.29, 0.717) is 17.2 Å². The number of benzene rings is 2. The normalized spacial score (nSPS) is 19.9. The van der Waals surface area contributed by atoms with E-state index in [1.807, 2.05) is 49.4 Å². The number of hydrogen-bond acceptors (Lipinski definition) is 5. The third-order valence-corrected chi connectivity index (χ3v) is 4.81. The van der Waals surface area contributed by atoms with Gasteiger partial charge in [-0.3, -0.25) is 0 Å². The minimum Gasteiger partial charge on any atom is -0.481 e. The van der Waals surface area contributed by atoms with Crippen molar-refractivity contribution in [1.29, 1.82) is 0 Å². The van der Waals surface area contributed by atoms with Crippen molar-refractivity contribution in [3.8, 4) is 17.2 Å². The predicted octanol–water partition coefficient (Wildman–Crippen LogP) is 2.64. The lowest BCUT2D eigenvalue weighted by molar-refractivity contribution is -0.0267. The standard InChI is InChI=1S/C20H20O5/c1-13-2-4-14(5-3-13)6-7-16-15-8-18-19(24-12-23-18)9-17(15)25-20(16,10-21)11-22/h2-9,16,21-22H,10-12H2,1H3/b7-6+/t16-/m0/s1. The average Bonchev–Trinajstić information content (AvgIpc) is 3.21. The third kappa shape index (κ3) is 2.65. The molecular formula is C20H20O5. The fourth-order valence-corrected chi connectivity index (χ4v) is 3.31. The predicted molar refractivity (Wildman–Crippen MR) is 93.0 cm³/mol. The van der Waals surface area contributed by atoms with Crippen molar-refractivity contribution in [1.82, 2.24) is 0 Å². The summed E-state index contributed by atoms with van der Waals surface area (Å²) in [5.74, 6) is 1.58. The summed E-state index contributed by atoms with van der Waals surface area (Å²) in [6.07, 6.45) is 3.94. The molecule has 4 rings (SSSR count). The molecule has 0 radical (unpaired) electrons. The van der Waals surface area contributed by atoms with E-state index in [4.69, 9.17) is 14.2 Å². The Bertz CT molecular complexity index is 806. The Balaban J connectivity index is 1.74. The zero-order valence-electron chi connectivity index (χ0n) is 13.9. The van der Waals surface area contributed by atoms with E-state index in [-0.39, 0.29) is 25.9 Å². The number of aryl methyl sites for hydroxylation is 1. The summed E-state index contributed by atoms with van der Waals surface area (Å²) < 4.78 is 16.8. The van der Waals surface area contributed by atoms with Crippen LogP contribution in [0.3, 0.4) is 0 Å². The molecule has 5 nitrogen and oxygen atoms in total. The quantitative estimate of drug-likeness (QED) is 0.896. The Morgan fingerprint density at radius 2 is 1.72 bits per heavy atom. The molecule has 2 aromatic carbocycles. The molecule has 0 aromatic heterocycles. The molecule has 130 valence electrons. The molecule has 2 heterocycles. The third-order valence-electron chi connectivity index (χ3n) is 4.81. The number of fused-ring (bicyclic) bond motifs is 2. The lowest BCUT2D eigenvalue weighted by Gasteiger charge is -2.29. The molecule has 0 fully saturated rings. The van der Waals surface area contributed by atoms with Crippen molar-refractivity contribution in [3.05, 3.63) is 59.2 Å². The molecular weight excluding hydrogens is 320 g/mol. The highest BCUT2D eigenvalue weighted by Gasteiger charge is 2.47. The number of ether oxygens (including phenoxy) is 3. The van der Waals surface area contributed by atoms with E-state index in [1.54, 1.807) is 6.07 Å². The van der Waals surface area contributed by atoms with E-state index in [0.717, 1.165) is 11.1 Å². The summed E-state index contributed by atoms with van der Waals surface area (Å²) >= 11 is 0. The number of aliphatic hydroxyl groups is 2. The van der Waals surface area contributed by atoms with Crippen molar-refractivity contribution >= 4 is 6.08 Å². The van der Waals surface area contributed by atoms with Gasteiger partial charge >= 0.3 is 0 Å². The molecule has 0 aliphatic carbocycles. The Morgan fingerprint density at radius 3 is 2.40 bits per heavy atom. The van der Waals surface area contributed by atoms with Crippen LogP contribution in [0.4, 0.5) is 0 Å². The highest BCUT2D eigenvalue weighted by atomic mass is 16.7. The van der Waals surface area contributed by atoms with Crippen LogP contribution < -0.4 is 14.2 Å². The lowest BCUT2D eigenvalue weighted by atomic mass is 9.84. The van der Waals surface area contributed by atoms with Gasteiger partial charge in [0.25, 0.3) is 0 Å². The minimum atomic E-state index is -1.10. The van der Waals surface area contributed by atoms with Crippen LogP contribution in [-0.2, 0) is 0 Å². The van der Waals surface area contributed by atoms with E-state index >= 15 is 0 Å². The van der Waals surface area contributed by atoms with Gasteiger partial charge in [-0.25, -0.2) is 0 Å². The zero-order chi connectivity index (χ0) is 17.4. The molecule has 2 N–H and O–H groups in total. The summed E-state index contributed by atoms with van der Waals surface area (Å²) in [6.45, 7) is 1.63. The van der Waals surface area contributed by atoms with Crippen LogP contribution in [0.15, 0.2) is 42.5 Å². The van der Waals surface area contributed by atoms with Crippen LogP contribution in [0.2, 0.25) is 0 Å². The Labute approximate surface area is 146 Å². The Kier molecular flexibility index (Phi) is 3.90. The molecule has 0 unspecified atom stereocenters. The smallest absolute Gasteiger partial charge is 0.231 e. The number of hydrogen-bond donors (Lipinski definition) is 2. The molecule has 0 saturated heterocycles. The first-order valence-corrected chi connectivity index (χ1v) is 8.24. The summed E-state index contributed by atoms with van der Waals surface area (Å²) in [6, 6.07) is 11.8. The van der Waals surface area contributed by atoms with E-state index in [2.05, 4.69) is 0 Å². The van der Waals surface area contributed by atoms with Gasteiger partial charge in [-0.05, 0) is 18.6 Å². The monoisotopic (exact) mass is 340 g/mol. The second-order valence-electron chi connectivity index (χ2n) is 6.47. The molecule has 2 aliphatic rings. The van der Waals surface area contributed by atoms with Gasteiger partial charge < -0.3 is 24.4 Å². The van der Waals surface area contributed by atoms with Gasteiger partial charge in [0, 0.05) is 11.6 Å². The van der Waals surface area contributed by atoms with Crippen molar-refractivity contribution in [3.63, 3.8) is 0 Å². The second kappa shape index (κ2) is 6.10. The van der Waals surface area contributed by atoms with Crippen molar-refractivity contribution in [2.45, 2.75) is 18.4 Å². The maximum absolute atomic E-state index is 9.92. The molecule has 5 heteroatoms. The molecule has 25 heavy (non-hydrogen) atoms. The molecule has 0 saturated carbocycles. The van der Waals surface area contributed by atoms with Crippen molar-refractivity contribution in [2.24, 2.45) is 0 Å². The second-order valence-corrected chi connectivity index (χ2v) is 6.47. The van der Waals surface area contributed by atoms with Crippen LogP contribution in [0, 0.1) is 6.92 Å². The minimum absolute atomic E-state index is 0.188. The average molecular weight is 340 g/mol. The molecule has 0 bridgehead atoms. The molecule has 0 spiro atoms. The number of aliphatic hydroxyl groups excluding tert-OH is 2. The molecule has 2 aromatic rings. The van der Waals surface area contributed by atoms with Crippen LogP contribution in [0.5, 0.6) is 17.2 Å². The van der Waals surface area contributed by atoms with Gasteiger partial charge in [-0.1, -0.05) is 42.0 Å². The lowest BCUT2D eigenvalue weighted by Crippen LogP contribution is -2.45. The van der Waals surface area contributed by atoms with Crippen molar-refractivity contribution in [2.75, 3.05) is 20.0 Å². The highest BCUT2D eigenvalue weighted by molar-refractivity contribution is 5.60. The topological polar surface area (TPSA) is 68.2 Å². The van der Waals surface area contributed by atoms with Gasteiger partial charge in [0.05, 0.1) is 19.1 Å². The summed E-state index contributed by atoms with van der Waals surface area (Å²) in [5.41, 5.74) is 2.01. The molecule has 2 aliphatic heterocycles. The molecule has 1 atom stereocenters. The van der Waals surface area contributed by atoms with Crippen LogP contribution >= 0.6 is 0 Å². The molecule has 0 amide bonds. The van der Waals surface area contributed by atoms with Crippen LogP contribution in [-0.4, -0.2) is 35.8 Å². The first kappa shape index (κ1) is 16.0. The summed E-state index contributed by atoms with van der Waals surface area (Å²) in [5, 5.41) is 19.8. The fourth-order valence-electron chi connectivity index (χ4n) is 3.31. The van der Waals surface area contributed by atoms with Gasteiger partial charge in [-0.15, -0.1) is 0 Å². The van der Waals surface area contributed by atoms with E-state index in [1.165, 1.54) is 5.56 Å². The van der Waals surface area contributed by atoms with Gasteiger partial charge in [0.15, 0.2) is 17.1 Å². The highest BCUT2D eigenvalue weighted by Crippen LogP contribution is 2.50. The first-order chi connectivity index (χ1) is 12.1. The van der Waals surface area contributed by atoms with Crippen molar-refractivity contribution < 1.29 is 24.4 Å². The van der Waals surface area contributed by atoms with Crippen LogP contribution in [0.25, 0.3) is 6.08 Å².